The molecule has 0 aromatic carbocycles. The van der Waals surface area contributed by atoms with E-state index in [0.29, 0.717) is 28.5 Å². The van der Waals surface area contributed by atoms with Crippen LogP contribution < -0.4 is 10.6 Å². The van der Waals surface area contributed by atoms with Gasteiger partial charge in [-0.1, -0.05) is 0 Å². The Kier molecular flexibility index (Phi) is 3.76. The zero-order chi connectivity index (χ0) is 18.3. The molecule has 7 heteroatoms. The molecule has 0 unspecified atom stereocenters. The van der Waals surface area contributed by atoms with E-state index in [1.807, 2.05) is 51.4 Å². The minimum absolute atomic E-state index is 0.173. The van der Waals surface area contributed by atoms with Gasteiger partial charge in [0.1, 0.15) is 5.69 Å². The van der Waals surface area contributed by atoms with Crippen LogP contribution in [-0.4, -0.2) is 25.7 Å². The molecule has 4 heterocycles. The predicted octanol–water partition coefficient (Wildman–Crippen LogP) is 2.98. The summed E-state index contributed by atoms with van der Waals surface area (Å²) < 4.78 is 1.70. The van der Waals surface area contributed by atoms with Crippen LogP contribution >= 0.6 is 0 Å². The Balaban J connectivity index is 1.78. The number of hydrogen-bond donors (Lipinski definition) is 2. The average molecular weight is 346 g/mol. The second kappa shape index (κ2) is 6.11. The monoisotopic (exact) mass is 346 g/mol. The Morgan fingerprint density at radius 3 is 2.81 bits per heavy atom. The summed E-state index contributed by atoms with van der Waals surface area (Å²) in [6.45, 7) is 3.86. The zero-order valence-corrected chi connectivity index (χ0v) is 14.7. The van der Waals surface area contributed by atoms with E-state index in [0.717, 1.165) is 16.8 Å². The first-order valence-corrected chi connectivity index (χ1v) is 8.24. The lowest BCUT2D eigenvalue weighted by atomic mass is 10.1. The van der Waals surface area contributed by atoms with Crippen molar-refractivity contribution in [1.29, 1.82) is 0 Å². The summed E-state index contributed by atoms with van der Waals surface area (Å²) in [7, 11) is 1.84. The molecule has 2 N–H and O–H groups in total. The number of carbonyl (C=O) groups is 1. The van der Waals surface area contributed by atoms with Gasteiger partial charge < -0.3 is 10.6 Å². The molecule has 7 nitrogen and oxygen atoms in total. The van der Waals surface area contributed by atoms with Crippen LogP contribution in [0.1, 0.15) is 18.2 Å². The fourth-order valence-corrected chi connectivity index (χ4v) is 3.01. The Morgan fingerprint density at radius 2 is 2.08 bits per heavy atom. The van der Waals surface area contributed by atoms with Gasteiger partial charge in [0.2, 0.25) is 0 Å². The normalized spacial score (nSPS) is 14.8. The molecule has 0 bridgehead atoms. The first-order chi connectivity index (χ1) is 12.5. The van der Waals surface area contributed by atoms with E-state index in [1.54, 1.807) is 17.1 Å². The number of fused-ring (bicyclic) bond motifs is 1. The summed E-state index contributed by atoms with van der Waals surface area (Å²) in [6, 6.07) is 7.57. The Bertz CT molecular complexity index is 1050. The van der Waals surface area contributed by atoms with Crippen molar-refractivity contribution in [2.75, 3.05) is 10.6 Å². The molecule has 0 fully saturated rings. The van der Waals surface area contributed by atoms with Gasteiger partial charge in [0.15, 0.2) is 5.82 Å². The van der Waals surface area contributed by atoms with Gasteiger partial charge in [-0.3, -0.25) is 14.5 Å². The number of aryl methyl sites for hydroxylation is 2. The third kappa shape index (κ3) is 2.73. The number of nitrogens with zero attached hydrogens (tertiary/aromatic N) is 4. The van der Waals surface area contributed by atoms with Gasteiger partial charge in [-0.05, 0) is 37.6 Å². The van der Waals surface area contributed by atoms with E-state index in [-0.39, 0.29) is 5.91 Å². The van der Waals surface area contributed by atoms with E-state index in [4.69, 9.17) is 4.98 Å². The maximum atomic E-state index is 12.5. The van der Waals surface area contributed by atoms with Gasteiger partial charge in [0.25, 0.3) is 5.91 Å². The average Bonchev–Trinajstić information content (AvgIpc) is 3.16. The van der Waals surface area contributed by atoms with Crippen LogP contribution in [-0.2, 0) is 11.8 Å². The highest BCUT2D eigenvalue weighted by atomic mass is 16.2. The van der Waals surface area contributed by atoms with Crippen molar-refractivity contribution in [3.63, 3.8) is 0 Å². The maximum Gasteiger partial charge on any atom is 0.259 e. The van der Waals surface area contributed by atoms with E-state index in [2.05, 4.69) is 20.7 Å². The van der Waals surface area contributed by atoms with Gasteiger partial charge >= 0.3 is 0 Å². The van der Waals surface area contributed by atoms with Crippen LogP contribution in [0, 0.1) is 6.92 Å². The molecule has 0 aliphatic carbocycles. The lowest BCUT2D eigenvalue weighted by Crippen LogP contribution is -2.09. The number of aromatic nitrogens is 4. The molecule has 0 saturated carbocycles. The van der Waals surface area contributed by atoms with Gasteiger partial charge in [-0.2, -0.15) is 5.10 Å². The van der Waals surface area contributed by atoms with Crippen LogP contribution in [0.4, 0.5) is 11.5 Å². The summed E-state index contributed by atoms with van der Waals surface area (Å²) in [6.07, 6.45) is 5.38. The molecule has 26 heavy (non-hydrogen) atoms. The lowest BCUT2D eigenvalue weighted by Gasteiger charge is -2.09. The molecule has 130 valence electrons. The molecule has 0 spiro atoms. The minimum atomic E-state index is -0.173. The smallest absolute Gasteiger partial charge is 0.259 e. The first-order valence-electron chi connectivity index (χ1n) is 8.24. The number of carbonyl (C=O) groups excluding carboxylic acids is 1. The lowest BCUT2D eigenvalue weighted by molar-refractivity contribution is -0.110. The summed E-state index contributed by atoms with van der Waals surface area (Å²) in [5.74, 6) is 0.506. The van der Waals surface area contributed by atoms with E-state index in [1.165, 1.54) is 0 Å². The SMILES string of the molecule is C/C(Nc1ccn(C)n1)=C1/C(=O)Nc2ccc(-c3cnccc3C)nc21. The largest absolute Gasteiger partial charge is 0.342 e. The summed E-state index contributed by atoms with van der Waals surface area (Å²) in [5, 5.41) is 10.3. The summed E-state index contributed by atoms with van der Waals surface area (Å²) in [5.41, 5.74) is 5.38. The first kappa shape index (κ1) is 16.0. The molecule has 3 aromatic rings. The van der Waals surface area contributed by atoms with Crippen molar-refractivity contribution in [1.82, 2.24) is 19.7 Å². The Hall–Kier alpha value is -3.48. The molecule has 0 radical (unpaired) electrons. The topological polar surface area (TPSA) is 84.7 Å². The van der Waals surface area contributed by atoms with Crippen LogP contribution in [0.3, 0.4) is 0 Å². The quantitative estimate of drug-likeness (QED) is 0.712. The Morgan fingerprint density at radius 1 is 1.23 bits per heavy atom. The van der Waals surface area contributed by atoms with Crippen molar-refractivity contribution in [2.24, 2.45) is 7.05 Å². The van der Waals surface area contributed by atoms with Gasteiger partial charge in [-0.25, -0.2) is 4.98 Å². The number of amides is 1. The number of nitrogens with one attached hydrogen (secondary N) is 2. The standard InChI is InChI=1S/C19H18N6O/c1-11-6-8-20-10-13(11)14-4-5-15-18(22-14)17(19(26)23-15)12(2)21-16-7-9-25(3)24-16/h4-10H,1-3H3,(H,21,24)(H,23,26)/b17-12-. The molecule has 0 saturated heterocycles. The van der Waals surface area contributed by atoms with Crippen LogP contribution in [0.25, 0.3) is 16.8 Å². The van der Waals surface area contributed by atoms with E-state index in [9.17, 15) is 4.79 Å². The third-order valence-electron chi connectivity index (χ3n) is 4.33. The number of rotatable bonds is 3. The van der Waals surface area contributed by atoms with Crippen molar-refractivity contribution in [3.8, 4) is 11.3 Å². The van der Waals surface area contributed by atoms with Gasteiger partial charge in [0.05, 0.1) is 17.0 Å². The fraction of sp³-hybridized carbons (Fsp3) is 0.158. The van der Waals surface area contributed by atoms with Gasteiger partial charge in [0, 0.05) is 43.0 Å². The van der Waals surface area contributed by atoms with Crippen molar-refractivity contribution in [3.05, 3.63) is 59.8 Å². The number of allylic oxidation sites excluding steroid dienone is 1. The van der Waals surface area contributed by atoms with Crippen molar-refractivity contribution in [2.45, 2.75) is 13.8 Å². The van der Waals surface area contributed by atoms with Crippen LogP contribution in [0.2, 0.25) is 0 Å². The van der Waals surface area contributed by atoms with Gasteiger partial charge in [-0.15, -0.1) is 0 Å². The second-order valence-electron chi connectivity index (χ2n) is 6.24. The molecular formula is C19H18N6O. The highest BCUT2D eigenvalue weighted by molar-refractivity contribution is 6.31. The van der Waals surface area contributed by atoms with Crippen LogP contribution in [0.15, 0.2) is 48.6 Å². The fourth-order valence-electron chi connectivity index (χ4n) is 3.01. The molecule has 1 aliphatic heterocycles. The van der Waals surface area contributed by atoms with Crippen LogP contribution in [0.5, 0.6) is 0 Å². The summed E-state index contributed by atoms with van der Waals surface area (Å²) >= 11 is 0. The third-order valence-corrected chi connectivity index (χ3v) is 4.33. The zero-order valence-electron chi connectivity index (χ0n) is 14.7. The second-order valence-corrected chi connectivity index (χ2v) is 6.24. The molecule has 3 aromatic heterocycles. The number of hydrogen-bond acceptors (Lipinski definition) is 5. The minimum Gasteiger partial charge on any atom is -0.342 e. The summed E-state index contributed by atoms with van der Waals surface area (Å²) in [4.78, 5) is 21.4. The molecule has 0 atom stereocenters. The molecule has 1 aliphatic rings. The van der Waals surface area contributed by atoms with Crippen molar-refractivity contribution < 1.29 is 4.79 Å². The van der Waals surface area contributed by atoms with E-state index < -0.39 is 0 Å². The molecule has 4 rings (SSSR count). The maximum absolute atomic E-state index is 12.5. The predicted molar refractivity (Wildman–Crippen MR) is 100 cm³/mol. The molecule has 1 amide bonds. The van der Waals surface area contributed by atoms with E-state index >= 15 is 0 Å². The highest BCUT2D eigenvalue weighted by Crippen LogP contribution is 2.34. The molecular weight excluding hydrogens is 328 g/mol. The number of anilines is 2. The number of pyridine rings is 2. The Labute approximate surface area is 150 Å². The van der Waals surface area contributed by atoms with Crippen molar-refractivity contribution >= 4 is 23.0 Å². The highest BCUT2D eigenvalue weighted by Gasteiger charge is 2.28.